The van der Waals surface area contributed by atoms with Gasteiger partial charge in [0.15, 0.2) is 5.60 Å². The maximum absolute atomic E-state index is 16.2. The van der Waals surface area contributed by atoms with Gasteiger partial charge in [-0.3, -0.25) is 4.98 Å². The average molecular weight is 1260 g/mol. The molecule has 3 aliphatic rings. The molecule has 0 spiro atoms. The number of tetrazole rings is 1. The van der Waals surface area contributed by atoms with Gasteiger partial charge in [0.25, 0.3) is 0 Å². The minimum absolute atomic E-state index is 0.260. The van der Waals surface area contributed by atoms with Gasteiger partial charge in [-0.25, -0.2) is 41.5 Å². The third-order valence-electron chi connectivity index (χ3n) is 18.2. The lowest BCUT2D eigenvalue weighted by molar-refractivity contribution is -0.207. The first-order valence-electron chi connectivity index (χ1n) is 30.5. The van der Waals surface area contributed by atoms with Gasteiger partial charge in [-0.1, -0.05) is 30.3 Å². The summed E-state index contributed by atoms with van der Waals surface area (Å²) in [5.74, 6) is -6.51. The van der Waals surface area contributed by atoms with Gasteiger partial charge in [-0.15, -0.1) is 5.10 Å². The Bertz CT molecular complexity index is 4060. The van der Waals surface area contributed by atoms with Crippen LogP contribution in [0.25, 0.3) is 22.5 Å². The second-order valence-electron chi connectivity index (χ2n) is 24.6. The van der Waals surface area contributed by atoms with Gasteiger partial charge in [0.1, 0.15) is 36.3 Å². The number of aliphatic hydroxyl groups excluding tert-OH is 2. The number of hydrogen-bond donors (Lipinski definition) is 3. The van der Waals surface area contributed by atoms with Gasteiger partial charge in [0.2, 0.25) is 0 Å². The molecule has 0 saturated carbocycles. The van der Waals surface area contributed by atoms with Crippen LogP contribution in [0.5, 0.6) is 0 Å². The molecule has 482 valence electrons. The number of benzene rings is 5. The summed E-state index contributed by atoms with van der Waals surface area (Å²) in [5.41, 5.74) is 1.88. The molecule has 4 aromatic heterocycles. The highest BCUT2D eigenvalue weighted by molar-refractivity contribution is 6.62. The van der Waals surface area contributed by atoms with Crippen LogP contribution in [-0.4, -0.2) is 152 Å². The Morgan fingerprint density at radius 2 is 0.978 bits per heavy atom. The molecule has 5 aromatic carbocycles. The van der Waals surface area contributed by atoms with E-state index in [1.54, 1.807) is 27.7 Å². The van der Waals surface area contributed by atoms with E-state index in [-0.39, 0.29) is 35.7 Å². The summed E-state index contributed by atoms with van der Waals surface area (Å²) < 4.78 is 79.6. The molecule has 0 aliphatic carbocycles. The van der Waals surface area contributed by atoms with Crippen LogP contribution in [0.15, 0.2) is 162 Å². The molecule has 0 bridgehead atoms. The van der Waals surface area contributed by atoms with Gasteiger partial charge >= 0.3 is 24.4 Å². The predicted octanol–water partition coefficient (Wildman–Crippen LogP) is 6.91. The summed E-state index contributed by atoms with van der Waals surface area (Å²) in [4.78, 5) is 38.8. The summed E-state index contributed by atoms with van der Waals surface area (Å²) in [6, 6.07) is 35.4. The van der Waals surface area contributed by atoms with Gasteiger partial charge in [0, 0.05) is 98.5 Å². The van der Waals surface area contributed by atoms with Crippen LogP contribution in [0, 0.1) is 11.6 Å². The lowest BCUT2D eigenvalue weighted by Crippen LogP contribution is -2.48. The Labute approximate surface area is 529 Å². The van der Waals surface area contributed by atoms with Crippen LogP contribution in [-0.2, 0) is 27.4 Å². The fourth-order valence-electron chi connectivity index (χ4n) is 11.4. The van der Waals surface area contributed by atoms with Crippen LogP contribution in [0.4, 0.5) is 40.3 Å². The molecule has 0 amide bonds. The quantitative estimate of drug-likeness (QED) is 0.0621. The monoisotopic (exact) mass is 1260 g/mol. The van der Waals surface area contributed by atoms with Gasteiger partial charge in [-0.05, 0) is 168 Å². The summed E-state index contributed by atoms with van der Waals surface area (Å²) in [6.45, 7) is 20.8. The van der Waals surface area contributed by atoms with E-state index in [1.165, 1.54) is 49.1 Å². The van der Waals surface area contributed by atoms with Crippen LogP contribution >= 0.6 is 0 Å². The highest BCUT2D eigenvalue weighted by Gasteiger charge is 2.58. The largest absolute Gasteiger partial charge is 0.494 e. The van der Waals surface area contributed by atoms with Crippen molar-refractivity contribution in [1.82, 2.24) is 53.9 Å². The highest BCUT2D eigenvalue weighted by atomic mass is 19.3. The maximum atomic E-state index is 16.2. The number of hydrogen-bond acceptors (Lipinski definition) is 17. The molecular weight excluding hydrogens is 1190 g/mol. The van der Waals surface area contributed by atoms with Crippen LogP contribution in [0.3, 0.4) is 0 Å². The van der Waals surface area contributed by atoms with Gasteiger partial charge in [0.05, 0.1) is 53.4 Å². The standard InChI is InChI=1S/C37H36F4N10O3.C28H38BN5O4/c1-24(25(2)52)51-35(53)50(23-44-51)31-11-9-30(10-12-31)48-17-15-47(16-18-48)29-7-3-26(4-8-29)27-5-14-34(42-20-27)37(40,41)36(54,21-49-22-43-45-46-49)32-13-6-28(38)19-33(32)39;1-20(21(2)35)34-26(36)33(19-30-34)25-13-11-24(12-14-25)32-17-15-31(16-18-32)23-9-7-22(8-10-23)29-37-27(3,4)28(5,6)38-29/h3-14,19-20,22-25,52,54H,15-18,21H2,1-2H3;7-14,19-21,35H,15-18H2,1-6H3/t24?,25?,36-;/m0./s1. The predicted molar refractivity (Wildman–Crippen MR) is 341 cm³/mol. The number of pyridine rings is 1. The van der Waals surface area contributed by atoms with Crippen molar-refractivity contribution in [2.45, 2.75) is 109 Å². The van der Waals surface area contributed by atoms with E-state index < -0.39 is 59.2 Å². The Balaban J connectivity index is 0.000000200. The van der Waals surface area contributed by atoms with E-state index >= 15 is 8.78 Å². The number of halogens is 4. The van der Waals surface area contributed by atoms with Crippen molar-refractivity contribution < 1.29 is 42.2 Å². The number of rotatable bonds is 17. The molecule has 0 radical (unpaired) electrons. The first kappa shape index (κ1) is 64.5. The molecule has 4 unspecified atom stereocenters. The van der Waals surface area contributed by atoms with E-state index in [1.807, 2.05) is 72.8 Å². The molecule has 22 nitrogen and oxygen atoms in total. The van der Waals surface area contributed by atoms with E-state index in [4.69, 9.17) is 9.31 Å². The van der Waals surface area contributed by atoms with Crippen molar-refractivity contribution in [2.24, 2.45) is 0 Å². The number of aromatic nitrogens is 11. The fourth-order valence-corrected chi connectivity index (χ4v) is 11.4. The summed E-state index contributed by atoms with van der Waals surface area (Å²) in [7, 11) is -0.347. The van der Waals surface area contributed by atoms with E-state index in [0.717, 1.165) is 115 Å². The molecule has 12 rings (SSSR count). The topological polar surface area (TPSA) is 228 Å². The lowest BCUT2D eigenvalue weighted by atomic mass is 9.79. The summed E-state index contributed by atoms with van der Waals surface area (Å²) in [5, 5.41) is 49.8. The number of nitrogens with zero attached hydrogens (tertiary/aromatic N) is 15. The number of aliphatic hydroxyl groups is 3. The first-order valence-corrected chi connectivity index (χ1v) is 30.5. The van der Waals surface area contributed by atoms with Crippen LogP contribution in [0.1, 0.15) is 78.7 Å². The second-order valence-corrected chi connectivity index (χ2v) is 24.6. The van der Waals surface area contributed by atoms with Crippen molar-refractivity contribution in [3.05, 3.63) is 196 Å². The molecule has 9 aromatic rings. The van der Waals surface area contributed by atoms with Crippen LogP contribution < -0.4 is 36.4 Å². The number of alkyl halides is 2. The van der Waals surface area contributed by atoms with Gasteiger partial charge < -0.3 is 44.2 Å². The molecule has 92 heavy (non-hydrogen) atoms. The maximum Gasteiger partial charge on any atom is 0.494 e. The zero-order valence-electron chi connectivity index (χ0n) is 52.4. The normalized spacial score (nSPS) is 17.8. The second kappa shape index (κ2) is 25.9. The van der Waals surface area contributed by atoms with Gasteiger partial charge in [-0.2, -0.15) is 19.0 Å². The third kappa shape index (κ3) is 13.0. The Kier molecular flexibility index (Phi) is 18.2. The minimum atomic E-state index is -4.16. The van der Waals surface area contributed by atoms with E-state index in [2.05, 4.69) is 102 Å². The van der Waals surface area contributed by atoms with E-state index in [0.29, 0.717) is 17.3 Å². The van der Waals surface area contributed by atoms with Crippen molar-refractivity contribution in [3.8, 4) is 22.5 Å². The molecule has 27 heteroatoms. The zero-order valence-corrected chi connectivity index (χ0v) is 52.4. The van der Waals surface area contributed by atoms with Crippen LogP contribution in [0.2, 0.25) is 0 Å². The van der Waals surface area contributed by atoms with Crippen molar-refractivity contribution in [2.75, 3.05) is 72.0 Å². The Morgan fingerprint density at radius 1 is 0.565 bits per heavy atom. The van der Waals surface area contributed by atoms with Crippen molar-refractivity contribution in [1.29, 1.82) is 0 Å². The first-order chi connectivity index (χ1) is 43.8. The molecule has 3 N–H and O–H groups in total. The molecule has 3 saturated heterocycles. The molecule has 7 heterocycles. The SMILES string of the molecule is CC(O)C(C)n1ncn(-c2ccc(N3CCN(c4ccc(-c5ccc(C(F)(F)[C@](O)(Cn6cnnn6)c6ccc(F)cc6F)nc5)cc4)CC3)cc2)c1=O.CC(O)C(C)n1ncn(-c2ccc(N3CCN(c4ccc(B5OC(C)(C)C(C)(C)O5)cc4)CC3)cc2)c1=O. The van der Waals surface area contributed by atoms with E-state index in [9.17, 15) is 33.7 Å². The lowest BCUT2D eigenvalue weighted by Gasteiger charge is -2.37. The highest BCUT2D eigenvalue weighted by Crippen LogP contribution is 2.47. The minimum Gasteiger partial charge on any atom is -0.399 e. The number of piperazine rings is 2. The summed E-state index contributed by atoms with van der Waals surface area (Å²) >= 11 is 0. The van der Waals surface area contributed by atoms with Crippen molar-refractivity contribution in [3.63, 3.8) is 0 Å². The Morgan fingerprint density at radius 3 is 1.37 bits per heavy atom. The molecule has 5 atom stereocenters. The molecule has 3 aliphatic heterocycles. The zero-order chi connectivity index (χ0) is 65.4. The third-order valence-corrected chi connectivity index (χ3v) is 18.2. The fraction of sp³-hybridized carbons (Fsp3) is 0.385. The summed E-state index contributed by atoms with van der Waals surface area (Å²) in [6.07, 6.45) is 3.82. The smallest absolute Gasteiger partial charge is 0.399 e. The van der Waals surface area contributed by atoms with Crippen molar-refractivity contribution >= 4 is 35.3 Å². The molecular formula is C65H74BF4N15O7. The number of anilines is 4. The Hall–Kier alpha value is -9.02. The molecule has 3 fully saturated rings. The average Bonchev–Trinajstić information content (AvgIpc) is 1.30.